The van der Waals surface area contributed by atoms with Crippen molar-refractivity contribution in [1.82, 2.24) is 18.9 Å². The van der Waals surface area contributed by atoms with Gasteiger partial charge in [0.1, 0.15) is 6.07 Å². The highest BCUT2D eigenvalue weighted by atomic mass is 15.1. The number of hydrogen-bond acceptors (Lipinski definition) is 3. The second-order valence-electron chi connectivity index (χ2n) is 11.0. The summed E-state index contributed by atoms with van der Waals surface area (Å²) in [6, 6.07) is 42.7. The second-order valence-corrected chi connectivity index (χ2v) is 11.0. The second kappa shape index (κ2) is 7.60. The van der Waals surface area contributed by atoms with Gasteiger partial charge in [-0.05, 0) is 53.2 Å². The van der Waals surface area contributed by atoms with Crippen LogP contribution in [0.25, 0.3) is 87.5 Å². The molecule has 42 heavy (non-hydrogen) atoms. The Bertz CT molecular complexity index is 2810. The molecule has 0 amide bonds. The molecule has 0 radical (unpaired) electrons. The zero-order valence-electron chi connectivity index (χ0n) is 22.2. The minimum absolute atomic E-state index is 0.305. The lowest BCUT2D eigenvalue weighted by Crippen LogP contribution is -2.04. The summed E-state index contributed by atoms with van der Waals surface area (Å²) in [7, 11) is 0. The van der Waals surface area contributed by atoms with Gasteiger partial charge < -0.3 is 4.40 Å². The van der Waals surface area contributed by atoms with E-state index in [2.05, 4.69) is 106 Å². The van der Waals surface area contributed by atoms with E-state index in [9.17, 15) is 5.26 Å². The summed E-state index contributed by atoms with van der Waals surface area (Å²) in [5, 5.41) is 19.7. The van der Waals surface area contributed by atoms with Crippen LogP contribution in [0.3, 0.4) is 0 Å². The van der Waals surface area contributed by atoms with E-state index in [-0.39, 0.29) is 0 Å². The molecule has 10 aromatic rings. The van der Waals surface area contributed by atoms with E-state index in [0.717, 1.165) is 38.1 Å². The van der Waals surface area contributed by atoms with E-state index in [1.54, 1.807) is 0 Å². The van der Waals surface area contributed by atoms with E-state index in [0.29, 0.717) is 17.0 Å². The Balaban J connectivity index is 1.55. The molecule has 0 aliphatic carbocycles. The Hall–Kier alpha value is -5.99. The monoisotopic (exact) mass is 533 g/mol. The highest BCUT2D eigenvalue weighted by Crippen LogP contribution is 2.46. The SMILES string of the molecule is N#Cc1nc2ccccc2nc1-n1c2cc3ccccc3cc2c2cc3c4ccccc4n4c5ccccc5c(c21)c34. The first-order chi connectivity index (χ1) is 20.8. The lowest BCUT2D eigenvalue weighted by molar-refractivity contribution is 1.06. The lowest BCUT2D eigenvalue weighted by atomic mass is 10.0. The molecule has 0 atom stereocenters. The highest BCUT2D eigenvalue weighted by molar-refractivity contribution is 6.34. The molecule has 5 heteroatoms. The van der Waals surface area contributed by atoms with Gasteiger partial charge in [0.2, 0.25) is 0 Å². The summed E-state index contributed by atoms with van der Waals surface area (Å²) in [6.45, 7) is 0. The highest BCUT2D eigenvalue weighted by Gasteiger charge is 2.26. The Morgan fingerprint density at radius 3 is 1.93 bits per heavy atom. The maximum absolute atomic E-state index is 10.4. The summed E-state index contributed by atoms with van der Waals surface area (Å²) >= 11 is 0. The van der Waals surface area contributed by atoms with Crippen LogP contribution in [0.4, 0.5) is 0 Å². The van der Waals surface area contributed by atoms with Crippen molar-refractivity contribution < 1.29 is 0 Å². The molecule has 0 N–H and O–H groups in total. The van der Waals surface area contributed by atoms with E-state index in [1.807, 2.05) is 24.3 Å². The molecule has 0 unspecified atom stereocenters. The number of benzene rings is 6. The lowest BCUT2D eigenvalue weighted by Gasteiger charge is -2.11. The van der Waals surface area contributed by atoms with E-state index < -0.39 is 0 Å². The molecule has 4 aromatic heterocycles. The van der Waals surface area contributed by atoms with Crippen molar-refractivity contribution in [3.05, 3.63) is 121 Å². The average molecular weight is 534 g/mol. The van der Waals surface area contributed by atoms with Gasteiger partial charge in [-0.15, -0.1) is 0 Å². The van der Waals surface area contributed by atoms with Gasteiger partial charge in [-0.25, -0.2) is 9.97 Å². The van der Waals surface area contributed by atoms with Gasteiger partial charge in [0.15, 0.2) is 11.5 Å². The van der Waals surface area contributed by atoms with Crippen molar-refractivity contribution in [3.8, 4) is 11.9 Å². The maximum atomic E-state index is 10.4. The normalized spacial score (nSPS) is 12.3. The molecule has 0 saturated heterocycles. The molecule has 0 fully saturated rings. The van der Waals surface area contributed by atoms with E-state index in [4.69, 9.17) is 9.97 Å². The Morgan fingerprint density at radius 2 is 1.14 bits per heavy atom. The van der Waals surface area contributed by atoms with Crippen molar-refractivity contribution in [2.45, 2.75) is 0 Å². The number of nitriles is 1. The maximum Gasteiger partial charge on any atom is 0.184 e. The Labute approximate surface area is 238 Å². The van der Waals surface area contributed by atoms with Gasteiger partial charge in [0.05, 0.1) is 38.6 Å². The topological polar surface area (TPSA) is 58.9 Å². The van der Waals surface area contributed by atoms with Gasteiger partial charge in [0, 0.05) is 32.3 Å². The third kappa shape index (κ3) is 2.57. The van der Waals surface area contributed by atoms with Crippen molar-refractivity contribution in [1.29, 1.82) is 5.26 Å². The predicted molar refractivity (Wildman–Crippen MR) is 171 cm³/mol. The van der Waals surface area contributed by atoms with Crippen LogP contribution in [0.15, 0.2) is 115 Å². The molecule has 192 valence electrons. The molecule has 5 nitrogen and oxygen atoms in total. The molecule has 0 saturated carbocycles. The van der Waals surface area contributed by atoms with E-state index in [1.165, 1.54) is 38.1 Å². The number of rotatable bonds is 1. The third-order valence-corrected chi connectivity index (χ3v) is 8.83. The quantitative estimate of drug-likeness (QED) is 0.212. The first-order valence-electron chi connectivity index (χ1n) is 14.0. The zero-order chi connectivity index (χ0) is 27.5. The summed E-state index contributed by atoms with van der Waals surface area (Å²) in [5.41, 5.74) is 7.37. The molecular formula is C37H19N5. The summed E-state index contributed by atoms with van der Waals surface area (Å²) in [6.07, 6.45) is 0. The fourth-order valence-electron chi connectivity index (χ4n) is 7.13. The molecule has 4 heterocycles. The molecule has 10 rings (SSSR count). The fraction of sp³-hybridized carbons (Fsp3) is 0. The zero-order valence-corrected chi connectivity index (χ0v) is 22.2. The number of nitrogens with zero attached hydrogens (tertiary/aromatic N) is 5. The van der Waals surface area contributed by atoms with Gasteiger partial charge in [-0.1, -0.05) is 72.8 Å². The largest absolute Gasteiger partial charge is 0.308 e. The summed E-state index contributed by atoms with van der Waals surface area (Å²) in [5.74, 6) is 0.550. The molecule has 0 bridgehead atoms. The van der Waals surface area contributed by atoms with Crippen LogP contribution in [-0.2, 0) is 0 Å². The molecule has 0 aliphatic rings. The minimum atomic E-state index is 0.305. The van der Waals surface area contributed by atoms with Crippen LogP contribution in [0.5, 0.6) is 0 Å². The summed E-state index contributed by atoms with van der Waals surface area (Å²) in [4.78, 5) is 9.90. The number of hydrogen-bond donors (Lipinski definition) is 0. The van der Waals surface area contributed by atoms with Crippen LogP contribution in [0, 0.1) is 11.3 Å². The van der Waals surface area contributed by atoms with E-state index >= 15 is 0 Å². The predicted octanol–water partition coefficient (Wildman–Crippen LogP) is 8.90. The van der Waals surface area contributed by atoms with Crippen molar-refractivity contribution in [2.75, 3.05) is 0 Å². The average Bonchev–Trinajstić information content (AvgIpc) is 3.67. The first kappa shape index (κ1) is 21.8. The van der Waals surface area contributed by atoms with Crippen molar-refractivity contribution in [2.24, 2.45) is 0 Å². The van der Waals surface area contributed by atoms with Crippen LogP contribution in [-0.4, -0.2) is 18.9 Å². The molecule has 0 aliphatic heterocycles. The standard InChI is InChI=1S/C37H19N5/c38-20-30-37(40-29-14-6-5-13-28(29)39-30)42-33-18-22-10-2-1-9-21(22)17-25(33)27-19-26-23-11-3-7-15-31(23)41-32-16-8-4-12-24(32)34(35(26)41)36(27)42/h1-19H. The summed E-state index contributed by atoms with van der Waals surface area (Å²) < 4.78 is 4.58. The van der Waals surface area contributed by atoms with Crippen LogP contribution in [0.2, 0.25) is 0 Å². The third-order valence-electron chi connectivity index (χ3n) is 8.83. The smallest absolute Gasteiger partial charge is 0.184 e. The number of fused-ring (bicyclic) bond motifs is 12. The van der Waals surface area contributed by atoms with Crippen molar-refractivity contribution >= 4 is 81.7 Å². The number of para-hydroxylation sites is 4. The van der Waals surface area contributed by atoms with Gasteiger partial charge in [-0.2, -0.15) is 5.26 Å². The van der Waals surface area contributed by atoms with Crippen LogP contribution < -0.4 is 0 Å². The van der Waals surface area contributed by atoms with Gasteiger partial charge in [-0.3, -0.25) is 4.57 Å². The number of aromatic nitrogens is 4. The Morgan fingerprint density at radius 1 is 0.524 bits per heavy atom. The molecule has 6 aromatic carbocycles. The van der Waals surface area contributed by atoms with Gasteiger partial charge >= 0.3 is 0 Å². The fourth-order valence-corrected chi connectivity index (χ4v) is 7.13. The minimum Gasteiger partial charge on any atom is -0.308 e. The van der Waals surface area contributed by atoms with Gasteiger partial charge in [0.25, 0.3) is 0 Å². The van der Waals surface area contributed by atoms with Crippen LogP contribution in [0.1, 0.15) is 5.69 Å². The molecule has 0 spiro atoms. The van der Waals surface area contributed by atoms with Crippen molar-refractivity contribution in [3.63, 3.8) is 0 Å². The first-order valence-corrected chi connectivity index (χ1v) is 14.0. The Kier molecular flexibility index (Phi) is 3.94. The molecular weight excluding hydrogens is 514 g/mol. The van der Waals surface area contributed by atoms with Crippen LogP contribution >= 0.6 is 0 Å².